The van der Waals surface area contributed by atoms with Gasteiger partial charge in [-0.2, -0.15) is 0 Å². The number of amides is 1. The lowest BCUT2D eigenvalue weighted by molar-refractivity contribution is -0.121. The summed E-state index contributed by atoms with van der Waals surface area (Å²) in [4.78, 5) is 28.5. The number of hydrogen-bond acceptors (Lipinski definition) is 5. The second kappa shape index (κ2) is 6.44. The van der Waals surface area contributed by atoms with Gasteiger partial charge in [-0.15, -0.1) is 11.3 Å². The second-order valence-electron chi connectivity index (χ2n) is 3.98. The zero-order valence-corrected chi connectivity index (χ0v) is 11.4. The summed E-state index contributed by atoms with van der Waals surface area (Å²) in [5.41, 5.74) is -0.101. The van der Waals surface area contributed by atoms with Crippen LogP contribution in [0.5, 0.6) is 0 Å². The molecule has 1 amide bonds. The SMILES string of the molecule is COCCNC(=O)CCn1cnc2sccc2c1=O. The quantitative estimate of drug-likeness (QED) is 0.787. The summed E-state index contributed by atoms with van der Waals surface area (Å²) in [6, 6.07) is 1.75. The van der Waals surface area contributed by atoms with Crippen LogP contribution in [0.15, 0.2) is 22.6 Å². The number of methoxy groups -OCH3 is 1. The minimum atomic E-state index is -0.102. The molecule has 6 nitrogen and oxygen atoms in total. The van der Waals surface area contributed by atoms with Crippen molar-refractivity contribution in [1.82, 2.24) is 14.9 Å². The molecule has 0 fully saturated rings. The van der Waals surface area contributed by atoms with Crippen LogP contribution < -0.4 is 10.9 Å². The van der Waals surface area contributed by atoms with Crippen LogP contribution in [-0.4, -0.2) is 35.7 Å². The van der Waals surface area contributed by atoms with E-state index in [4.69, 9.17) is 4.74 Å². The molecule has 0 radical (unpaired) electrons. The largest absolute Gasteiger partial charge is 0.383 e. The molecule has 0 unspecified atom stereocenters. The first-order valence-electron chi connectivity index (χ1n) is 5.90. The zero-order chi connectivity index (χ0) is 13.7. The number of aromatic nitrogens is 2. The number of nitrogens with one attached hydrogen (secondary N) is 1. The highest BCUT2D eigenvalue weighted by Gasteiger charge is 2.06. The van der Waals surface area contributed by atoms with E-state index in [9.17, 15) is 9.59 Å². The Morgan fingerprint density at radius 1 is 1.58 bits per heavy atom. The van der Waals surface area contributed by atoms with Crippen molar-refractivity contribution in [2.45, 2.75) is 13.0 Å². The molecule has 2 heterocycles. The Labute approximate surface area is 114 Å². The molecule has 0 saturated heterocycles. The number of carbonyl (C=O) groups is 1. The van der Waals surface area contributed by atoms with Crippen LogP contribution in [0.4, 0.5) is 0 Å². The summed E-state index contributed by atoms with van der Waals surface area (Å²) in [5.74, 6) is -0.102. The van der Waals surface area contributed by atoms with Crippen LogP contribution in [0.3, 0.4) is 0 Å². The van der Waals surface area contributed by atoms with Crippen molar-refractivity contribution in [1.29, 1.82) is 0 Å². The van der Waals surface area contributed by atoms with Crippen LogP contribution >= 0.6 is 11.3 Å². The number of fused-ring (bicyclic) bond motifs is 1. The molecule has 0 aliphatic rings. The number of carbonyl (C=O) groups excluding carboxylic acids is 1. The molecule has 1 N–H and O–H groups in total. The molecule has 19 heavy (non-hydrogen) atoms. The summed E-state index contributed by atoms with van der Waals surface area (Å²) in [6.07, 6.45) is 1.74. The fraction of sp³-hybridized carbons (Fsp3) is 0.417. The lowest BCUT2D eigenvalue weighted by atomic mass is 10.3. The Hall–Kier alpha value is -1.73. The molecular weight excluding hydrogens is 266 g/mol. The van der Waals surface area contributed by atoms with Crippen molar-refractivity contribution in [2.75, 3.05) is 20.3 Å². The first-order chi connectivity index (χ1) is 9.22. The summed E-state index contributed by atoms with van der Waals surface area (Å²) in [6.45, 7) is 1.29. The van der Waals surface area contributed by atoms with Gasteiger partial charge in [-0.3, -0.25) is 14.2 Å². The molecule has 2 aromatic heterocycles. The van der Waals surface area contributed by atoms with Crippen LogP contribution in [0.25, 0.3) is 10.2 Å². The van der Waals surface area contributed by atoms with E-state index in [0.29, 0.717) is 25.1 Å². The van der Waals surface area contributed by atoms with Crippen LogP contribution in [-0.2, 0) is 16.1 Å². The van der Waals surface area contributed by atoms with Gasteiger partial charge in [-0.05, 0) is 11.4 Å². The van der Waals surface area contributed by atoms with Crippen molar-refractivity contribution < 1.29 is 9.53 Å². The molecule has 0 atom stereocenters. The van der Waals surface area contributed by atoms with Crippen molar-refractivity contribution in [3.05, 3.63) is 28.1 Å². The number of rotatable bonds is 6. The van der Waals surface area contributed by atoms with Crippen molar-refractivity contribution in [2.24, 2.45) is 0 Å². The molecule has 0 spiro atoms. The molecule has 7 heteroatoms. The predicted octanol–water partition coefficient (Wildman–Crippen LogP) is 0.611. The standard InChI is InChI=1S/C12H15N3O3S/c1-18-6-4-13-10(16)2-5-15-8-14-11-9(12(15)17)3-7-19-11/h3,7-8H,2,4-6H2,1H3,(H,13,16). The van der Waals surface area contributed by atoms with Crippen LogP contribution in [0, 0.1) is 0 Å². The van der Waals surface area contributed by atoms with Crippen molar-refractivity contribution in [3.8, 4) is 0 Å². The van der Waals surface area contributed by atoms with E-state index in [1.165, 1.54) is 22.2 Å². The highest BCUT2D eigenvalue weighted by molar-refractivity contribution is 7.16. The Morgan fingerprint density at radius 3 is 3.21 bits per heavy atom. The van der Waals surface area contributed by atoms with Crippen molar-refractivity contribution >= 4 is 27.5 Å². The Kier molecular flexibility index (Phi) is 4.64. The minimum absolute atomic E-state index is 0.101. The molecule has 2 aromatic rings. The lowest BCUT2D eigenvalue weighted by Crippen LogP contribution is -2.29. The smallest absolute Gasteiger partial charge is 0.262 e. The average molecular weight is 281 g/mol. The van der Waals surface area contributed by atoms with Gasteiger partial charge < -0.3 is 10.1 Å². The molecule has 0 saturated carbocycles. The highest BCUT2D eigenvalue weighted by Crippen LogP contribution is 2.13. The molecule has 2 rings (SSSR count). The number of nitrogens with zero attached hydrogens (tertiary/aromatic N) is 2. The number of aryl methyl sites for hydroxylation is 1. The summed E-state index contributed by atoms with van der Waals surface area (Å²) < 4.78 is 6.30. The van der Waals surface area contributed by atoms with Crippen LogP contribution in [0.1, 0.15) is 6.42 Å². The molecule has 0 aliphatic carbocycles. The fourth-order valence-electron chi connectivity index (χ4n) is 1.66. The first kappa shape index (κ1) is 13.7. The zero-order valence-electron chi connectivity index (χ0n) is 10.6. The van der Waals surface area contributed by atoms with Gasteiger partial charge in [-0.25, -0.2) is 4.98 Å². The van der Waals surface area contributed by atoms with Gasteiger partial charge in [0.25, 0.3) is 5.56 Å². The van der Waals surface area contributed by atoms with Gasteiger partial charge in [0, 0.05) is 26.6 Å². The van der Waals surface area contributed by atoms with Gasteiger partial charge in [0.05, 0.1) is 18.3 Å². The van der Waals surface area contributed by atoms with E-state index < -0.39 is 0 Å². The third-order valence-corrected chi connectivity index (χ3v) is 3.48. The average Bonchev–Trinajstić information content (AvgIpc) is 2.87. The van der Waals surface area contributed by atoms with Gasteiger partial charge in [-0.1, -0.05) is 0 Å². The molecule has 102 valence electrons. The van der Waals surface area contributed by atoms with Gasteiger partial charge in [0.2, 0.25) is 5.91 Å². The number of thiophene rings is 1. The third kappa shape index (κ3) is 3.39. The fourth-order valence-corrected chi connectivity index (χ4v) is 2.38. The second-order valence-corrected chi connectivity index (χ2v) is 4.87. The third-order valence-electron chi connectivity index (χ3n) is 2.66. The van der Waals surface area contributed by atoms with Gasteiger partial charge >= 0.3 is 0 Å². The lowest BCUT2D eigenvalue weighted by Gasteiger charge is -2.06. The maximum Gasteiger partial charge on any atom is 0.262 e. The van der Waals surface area contributed by atoms with E-state index >= 15 is 0 Å². The molecule has 0 aromatic carbocycles. The van der Waals surface area contributed by atoms with E-state index in [1.54, 1.807) is 13.2 Å². The molecule has 0 bridgehead atoms. The Bertz CT molecular complexity index is 620. The van der Waals surface area contributed by atoms with Crippen molar-refractivity contribution in [3.63, 3.8) is 0 Å². The monoisotopic (exact) mass is 281 g/mol. The number of hydrogen-bond donors (Lipinski definition) is 1. The van der Waals surface area contributed by atoms with E-state index in [-0.39, 0.29) is 17.9 Å². The van der Waals surface area contributed by atoms with E-state index in [1.807, 2.05) is 5.38 Å². The molecular formula is C12H15N3O3S. The summed E-state index contributed by atoms with van der Waals surface area (Å²) in [7, 11) is 1.58. The minimum Gasteiger partial charge on any atom is -0.383 e. The maximum absolute atomic E-state index is 12.0. The van der Waals surface area contributed by atoms with E-state index in [2.05, 4.69) is 10.3 Å². The maximum atomic E-state index is 12.0. The van der Waals surface area contributed by atoms with Crippen LogP contribution in [0.2, 0.25) is 0 Å². The topological polar surface area (TPSA) is 73.2 Å². The Balaban J connectivity index is 1.96. The Morgan fingerprint density at radius 2 is 2.42 bits per heavy atom. The van der Waals surface area contributed by atoms with Gasteiger partial charge in [0.15, 0.2) is 0 Å². The summed E-state index contributed by atoms with van der Waals surface area (Å²) >= 11 is 1.43. The first-order valence-corrected chi connectivity index (χ1v) is 6.78. The predicted molar refractivity (Wildman–Crippen MR) is 73.4 cm³/mol. The van der Waals surface area contributed by atoms with E-state index in [0.717, 1.165) is 4.83 Å². The summed E-state index contributed by atoms with van der Waals surface area (Å²) in [5, 5.41) is 5.15. The molecule has 0 aliphatic heterocycles. The highest BCUT2D eigenvalue weighted by atomic mass is 32.1. The van der Waals surface area contributed by atoms with Gasteiger partial charge in [0.1, 0.15) is 4.83 Å². The normalized spacial score (nSPS) is 10.8. The number of ether oxygens (including phenoxy) is 1.